The number of fused-ring (bicyclic) bond motifs is 1. The fourth-order valence-corrected chi connectivity index (χ4v) is 2.97. The molecule has 0 fully saturated rings. The summed E-state index contributed by atoms with van der Waals surface area (Å²) in [4.78, 5) is 36.1. The molecule has 0 saturated heterocycles. The lowest BCUT2D eigenvalue weighted by Gasteiger charge is -2.26. The normalized spacial score (nSPS) is 12.8. The minimum Gasteiger partial charge on any atom is -0.446 e. The third-order valence-corrected chi connectivity index (χ3v) is 3.94. The van der Waals surface area contributed by atoms with E-state index in [4.69, 9.17) is 4.74 Å². The zero-order chi connectivity index (χ0) is 16.8. The molecule has 0 atom stereocenters. The van der Waals surface area contributed by atoms with Gasteiger partial charge in [-0.25, -0.2) is 4.79 Å². The summed E-state index contributed by atoms with van der Waals surface area (Å²) in [5.74, 6) is 0. The highest BCUT2D eigenvalue weighted by atomic mass is 16.6. The monoisotopic (exact) mass is 317 g/mol. The van der Waals surface area contributed by atoms with Crippen molar-refractivity contribution in [3.63, 3.8) is 0 Å². The lowest BCUT2D eigenvalue weighted by atomic mass is 10.0. The molecule has 0 bridgehead atoms. The van der Waals surface area contributed by atoms with Gasteiger partial charge in [0.05, 0.1) is 11.8 Å². The van der Waals surface area contributed by atoms with Crippen LogP contribution in [0.2, 0.25) is 0 Å². The van der Waals surface area contributed by atoms with E-state index in [1.54, 1.807) is 19.9 Å². The van der Waals surface area contributed by atoms with Crippen molar-refractivity contribution in [2.24, 2.45) is 0 Å². The Labute approximate surface area is 136 Å². The van der Waals surface area contributed by atoms with Gasteiger partial charge in [-0.2, -0.15) is 0 Å². The molecule has 0 radical (unpaired) electrons. The molecule has 1 amide bonds. The molecule has 1 aromatic rings. The number of ether oxygens (including phenoxy) is 1. The smallest absolute Gasteiger partial charge is 0.414 e. The summed E-state index contributed by atoms with van der Waals surface area (Å²) in [5, 5.41) is 0. The van der Waals surface area contributed by atoms with Crippen LogP contribution in [0.15, 0.2) is 12.1 Å². The number of hydrogen-bond acceptors (Lipinski definition) is 4. The molecule has 0 aromatic heterocycles. The quantitative estimate of drug-likeness (QED) is 0.571. The van der Waals surface area contributed by atoms with Gasteiger partial charge in [-0.05, 0) is 56.7 Å². The second-order valence-electron chi connectivity index (χ2n) is 6.01. The molecule has 0 heterocycles. The number of anilines is 1. The molecule has 23 heavy (non-hydrogen) atoms. The number of nitrogens with zero attached hydrogens (tertiary/aromatic N) is 1. The second-order valence-corrected chi connectivity index (χ2v) is 6.01. The SMILES string of the molecule is CC(C)OC(=O)N(CCCC=O)c1c(C=O)ccc2c1CCC2. The Bertz CT molecular complexity index is 595. The Kier molecular flexibility index (Phi) is 5.90. The van der Waals surface area contributed by atoms with Crippen LogP contribution in [0.25, 0.3) is 0 Å². The van der Waals surface area contributed by atoms with Crippen LogP contribution in [0.5, 0.6) is 0 Å². The summed E-state index contributed by atoms with van der Waals surface area (Å²) in [6.45, 7) is 3.94. The molecular formula is C18H23NO4. The van der Waals surface area contributed by atoms with E-state index < -0.39 is 6.09 Å². The predicted molar refractivity (Wildman–Crippen MR) is 88.1 cm³/mol. The van der Waals surface area contributed by atoms with Crippen LogP contribution in [0, 0.1) is 0 Å². The first kappa shape index (κ1) is 17.2. The summed E-state index contributed by atoms with van der Waals surface area (Å²) >= 11 is 0. The zero-order valence-corrected chi connectivity index (χ0v) is 13.7. The Morgan fingerprint density at radius 1 is 1.30 bits per heavy atom. The van der Waals surface area contributed by atoms with Crippen molar-refractivity contribution in [3.8, 4) is 0 Å². The van der Waals surface area contributed by atoms with Gasteiger partial charge in [0.15, 0.2) is 6.29 Å². The maximum atomic E-state index is 12.5. The van der Waals surface area contributed by atoms with Crippen LogP contribution in [-0.2, 0) is 22.4 Å². The summed E-state index contributed by atoms with van der Waals surface area (Å²) in [5.41, 5.74) is 3.40. The van der Waals surface area contributed by atoms with E-state index >= 15 is 0 Å². The van der Waals surface area contributed by atoms with Crippen LogP contribution < -0.4 is 4.90 Å². The fourth-order valence-electron chi connectivity index (χ4n) is 2.97. The molecule has 0 saturated carbocycles. The van der Waals surface area contributed by atoms with Crippen molar-refractivity contribution in [2.75, 3.05) is 11.4 Å². The molecule has 2 rings (SSSR count). The average Bonchev–Trinajstić information content (AvgIpc) is 2.98. The van der Waals surface area contributed by atoms with E-state index in [-0.39, 0.29) is 6.10 Å². The van der Waals surface area contributed by atoms with E-state index in [2.05, 4.69) is 0 Å². The largest absolute Gasteiger partial charge is 0.446 e. The lowest BCUT2D eigenvalue weighted by Crippen LogP contribution is -2.35. The molecule has 5 heteroatoms. The summed E-state index contributed by atoms with van der Waals surface area (Å²) in [6, 6.07) is 3.73. The molecule has 0 aliphatic heterocycles. The minimum absolute atomic E-state index is 0.243. The summed E-state index contributed by atoms with van der Waals surface area (Å²) < 4.78 is 5.34. The average molecular weight is 317 g/mol. The van der Waals surface area contributed by atoms with Gasteiger partial charge in [-0.3, -0.25) is 9.69 Å². The number of aldehydes is 2. The van der Waals surface area contributed by atoms with E-state index in [9.17, 15) is 14.4 Å². The predicted octanol–water partition coefficient (Wildman–Crippen LogP) is 3.32. The van der Waals surface area contributed by atoms with Crippen LogP contribution in [-0.4, -0.2) is 31.3 Å². The van der Waals surface area contributed by atoms with Crippen LogP contribution in [0.3, 0.4) is 0 Å². The number of unbranched alkanes of at least 4 members (excludes halogenated alkanes) is 1. The van der Waals surface area contributed by atoms with Gasteiger partial charge in [0.1, 0.15) is 6.29 Å². The number of carbonyl (C=O) groups is 3. The number of carbonyl (C=O) groups excluding carboxylic acids is 3. The highest BCUT2D eigenvalue weighted by molar-refractivity contribution is 5.97. The first-order chi connectivity index (χ1) is 11.1. The van der Waals surface area contributed by atoms with Gasteiger partial charge in [0.25, 0.3) is 0 Å². The first-order valence-corrected chi connectivity index (χ1v) is 8.10. The highest BCUT2D eigenvalue weighted by Crippen LogP contribution is 2.34. The highest BCUT2D eigenvalue weighted by Gasteiger charge is 2.27. The summed E-state index contributed by atoms with van der Waals surface area (Å²) in [6.07, 6.45) is 4.66. The molecule has 5 nitrogen and oxygen atoms in total. The van der Waals surface area contributed by atoms with Crippen molar-refractivity contribution in [2.45, 2.75) is 52.1 Å². The molecule has 1 aliphatic carbocycles. The van der Waals surface area contributed by atoms with E-state index in [0.717, 1.165) is 37.4 Å². The lowest BCUT2D eigenvalue weighted by molar-refractivity contribution is -0.107. The molecule has 124 valence electrons. The van der Waals surface area contributed by atoms with Crippen molar-refractivity contribution in [3.05, 3.63) is 28.8 Å². The number of aryl methyl sites for hydroxylation is 1. The Morgan fingerprint density at radius 3 is 2.74 bits per heavy atom. The van der Waals surface area contributed by atoms with Crippen molar-refractivity contribution in [1.29, 1.82) is 0 Å². The van der Waals surface area contributed by atoms with E-state index in [0.29, 0.717) is 30.6 Å². The second kappa shape index (κ2) is 7.90. The standard InChI is InChI=1S/C18H23NO4/c1-13(2)23-18(22)19(10-3-4-11-20)17-15(12-21)9-8-14-6-5-7-16(14)17/h8-9,11-13H,3-7,10H2,1-2H3. The fraction of sp³-hybridized carbons (Fsp3) is 0.500. The van der Waals surface area contributed by atoms with Gasteiger partial charge < -0.3 is 9.53 Å². The van der Waals surface area contributed by atoms with Crippen molar-refractivity contribution >= 4 is 24.4 Å². The third kappa shape index (κ3) is 3.97. The number of amides is 1. The van der Waals surface area contributed by atoms with E-state index in [1.165, 1.54) is 10.5 Å². The number of hydrogen-bond donors (Lipinski definition) is 0. The Morgan fingerprint density at radius 2 is 2.09 bits per heavy atom. The topological polar surface area (TPSA) is 63.7 Å². The van der Waals surface area contributed by atoms with Gasteiger partial charge >= 0.3 is 6.09 Å². The maximum absolute atomic E-state index is 12.5. The van der Waals surface area contributed by atoms with Gasteiger partial charge in [0.2, 0.25) is 0 Å². The van der Waals surface area contributed by atoms with Crippen molar-refractivity contribution < 1.29 is 19.1 Å². The molecule has 0 N–H and O–H groups in total. The van der Waals surface area contributed by atoms with Gasteiger partial charge in [-0.1, -0.05) is 6.07 Å². The van der Waals surface area contributed by atoms with Crippen LogP contribution >= 0.6 is 0 Å². The Balaban J connectivity index is 2.41. The Hall–Kier alpha value is -2.17. The molecule has 1 aromatic carbocycles. The first-order valence-electron chi connectivity index (χ1n) is 8.10. The number of rotatable bonds is 7. The van der Waals surface area contributed by atoms with Crippen LogP contribution in [0.4, 0.5) is 10.5 Å². The number of benzene rings is 1. The molecule has 0 spiro atoms. The zero-order valence-electron chi connectivity index (χ0n) is 13.7. The minimum atomic E-state index is -0.464. The van der Waals surface area contributed by atoms with E-state index in [1.807, 2.05) is 6.07 Å². The van der Waals surface area contributed by atoms with Crippen molar-refractivity contribution in [1.82, 2.24) is 0 Å². The van der Waals surface area contributed by atoms with Crippen LogP contribution in [0.1, 0.15) is 54.6 Å². The van der Waals surface area contributed by atoms with Gasteiger partial charge in [-0.15, -0.1) is 0 Å². The summed E-state index contributed by atoms with van der Waals surface area (Å²) in [7, 11) is 0. The molecule has 1 aliphatic rings. The third-order valence-electron chi connectivity index (χ3n) is 3.94. The van der Waals surface area contributed by atoms with Gasteiger partial charge in [0, 0.05) is 18.5 Å². The maximum Gasteiger partial charge on any atom is 0.414 e. The molecule has 0 unspecified atom stereocenters. The molecular weight excluding hydrogens is 294 g/mol.